The number of urea groups is 1. The van der Waals surface area contributed by atoms with Gasteiger partial charge >= 0.3 is 6.03 Å². The lowest BCUT2D eigenvalue weighted by molar-refractivity contribution is -0.119. The van der Waals surface area contributed by atoms with Gasteiger partial charge in [0.15, 0.2) is 6.61 Å². The number of rotatable bonds is 8. The Hall–Kier alpha value is -3.04. The van der Waals surface area contributed by atoms with Crippen molar-refractivity contribution >= 4 is 35.3 Å². The molecule has 3 amide bonds. The van der Waals surface area contributed by atoms with Gasteiger partial charge in [-0.25, -0.2) is 4.79 Å². The summed E-state index contributed by atoms with van der Waals surface area (Å²) < 4.78 is 11.2. The number of hydrogen-bond donors (Lipinski definition) is 2. The predicted octanol–water partition coefficient (Wildman–Crippen LogP) is 3.98. The van der Waals surface area contributed by atoms with Crippen LogP contribution in [0.5, 0.6) is 5.75 Å². The Morgan fingerprint density at radius 3 is 2.60 bits per heavy atom. The van der Waals surface area contributed by atoms with Crippen LogP contribution < -0.4 is 15.4 Å². The lowest BCUT2D eigenvalue weighted by atomic mass is 10.1. The third-order valence-corrected chi connectivity index (χ3v) is 5.17. The van der Waals surface area contributed by atoms with Crippen molar-refractivity contribution in [1.82, 2.24) is 20.8 Å². The molecule has 0 aliphatic heterocycles. The van der Waals surface area contributed by atoms with E-state index in [1.807, 2.05) is 6.07 Å². The van der Waals surface area contributed by atoms with Crippen molar-refractivity contribution in [1.29, 1.82) is 0 Å². The van der Waals surface area contributed by atoms with Crippen LogP contribution in [-0.4, -0.2) is 28.7 Å². The first kappa shape index (κ1) is 21.7. The van der Waals surface area contributed by atoms with Crippen molar-refractivity contribution in [3.8, 4) is 5.75 Å². The zero-order valence-electron chi connectivity index (χ0n) is 16.0. The van der Waals surface area contributed by atoms with Crippen LogP contribution >= 0.6 is 23.4 Å². The Labute approximate surface area is 182 Å². The predicted molar refractivity (Wildman–Crippen MR) is 112 cm³/mol. The molecule has 30 heavy (non-hydrogen) atoms. The van der Waals surface area contributed by atoms with Gasteiger partial charge in [-0.1, -0.05) is 54.1 Å². The molecule has 1 aromatic heterocycles. The molecule has 3 aromatic rings. The van der Waals surface area contributed by atoms with Gasteiger partial charge in [-0.2, -0.15) is 0 Å². The number of para-hydroxylation sites is 1. The molecule has 0 radical (unpaired) electrons. The number of halogens is 1. The van der Waals surface area contributed by atoms with E-state index in [1.54, 1.807) is 55.5 Å². The number of thioether (sulfide) groups is 1. The van der Waals surface area contributed by atoms with Crippen molar-refractivity contribution in [3.63, 3.8) is 0 Å². The van der Waals surface area contributed by atoms with Crippen molar-refractivity contribution in [2.75, 3.05) is 6.54 Å². The number of hydrogen-bond acceptors (Lipinski definition) is 7. The lowest BCUT2D eigenvalue weighted by Gasteiger charge is -2.14. The fourth-order valence-electron chi connectivity index (χ4n) is 2.43. The third-order valence-electron chi connectivity index (χ3n) is 3.77. The maximum Gasteiger partial charge on any atom is 0.321 e. The number of ether oxygens (including phenoxy) is 1. The van der Waals surface area contributed by atoms with Crippen LogP contribution in [0.25, 0.3) is 0 Å². The van der Waals surface area contributed by atoms with Gasteiger partial charge in [-0.3, -0.25) is 10.1 Å². The summed E-state index contributed by atoms with van der Waals surface area (Å²) in [7, 11) is 0. The summed E-state index contributed by atoms with van der Waals surface area (Å²) in [6, 6.07) is 15.5. The molecular weight excluding hydrogens is 428 g/mol. The number of carbonyl (C=O) groups excluding carboxylic acids is 2. The second kappa shape index (κ2) is 10.7. The summed E-state index contributed by atoms with van der Waals surface area (Å²) in [5.74, 6) is 0.229. The van der Waals surface area contributed by atoms with E-state index in [0.717, 1.165) is 11.8 Å². The van der Waals surface area contributed by atoms with Crippen LogP contribution in [0.2, 0.25) is 5.02 Å². The summed E-state index contributed by atoms with van der Waals surface area (Å²) >= 11 is 7.10. The minimum absolute atomic E-state index is 0.0262. The topological polar surface area (TPSA) is 106 Å². The zero-order chi connectivity index (χ0) is 21.3. The number of amides is 3. The standard InChI is InChI=1S/C20H19ClN4O4S/c1-2-22-19(27)23-18(26)17(13-8-4-3-5-9-13)30-20-25-24-16(29-20)12-28-15-11-7-6-10-14(15)21/h3-11,17H,2,12H2,1H3,(H2,22,23,26,27)/t17-/m0/s1. The maximum atomic E-state index is 12.7. The van der Waals surface area contributed by atoms with E-state index in [2.05, 4.69) is 20.8 Å². The highest BCUT2D eigenvalue weighted by atomic mass is 35.5. The van der Waals surface area contributed by atoms with E-state index in [4.69, 9.17) is 20.8 Å². The molecule has 0 saturated carbocycles. The molecular formula is C20H19ClN4O4S. The average Bonchev–Trinajstić information content (AvgIpc) is 3.19. The highest BCUT2D eigenvalue weighted by molar-refractivity contribution is 8.00. The lowest BCUT2D eigenvalue weighted by Crippen LogP contribution is -2.41. The fourth-order valence-corrected chi connectivity index (χ4v) is 3.51. The molecule has 0 aliphatic rings. The fraction of sp³-hybridized carbons (Fsp3) is 0.200. The summed E-state index contributed by atoms with van der Waals surface area (Å²) in [5.41, 5.74) is 0.691. The normalized spacial score (nSPS) is 11.5. The maximum absolute atomic E-state index is 12.7. The molecule has 1 atom stereocenters. The molecule has 1 heterocycles. The minimum Gasteiger partial charge on any atom is -0.482 e. The molecule has 8 nitrogen and oxygen atoms in total. The molecule has 3 rings (SSSR count). The number of aromatic nitrogens is 2. The Morgan fingerprint density at radius 1 is 1.13 bits per heavy atom. The van der Waals surface area contributed by atoms with E-state index in [-0.39, 0.29) is 17.7 Å². The summed E-state index contributed by atoms with van der Waals surface area (Å²) in [6.07, 6.45) is 0. The largest absolute Gasteiger partial charge is 0.482 e. The molecule has 0 spiro atoms. The highest BCUT2D eigenvalue weighted by Gasteiger charge is 2.26. The number of nitrogens with zero attached hydrogens (tertiary/aromatic N) is 2. The SMILES string of the molecule is CCNC(=O)NC(=O)[C@@H](Sc1nnc(COc2ccccc2Cl)o1)c1ccccc1. The Morgan fingerprint density at radius 2 is 1.87 bits per heavy atom. The van der Waals surface area contributed by atoms with Gasteiger partial charge in [0.25, 0.3) is 11.1 Å². The van der Waals surface area contributed by atoms with Gasteiger partial charge in [0.2, 0.25) is 5.91 Å². The van der Waals surface area contributed by atoms with Crippen LogP contribution in [0, 0.1) is 0 Å². The number of carbonyl (C=O) groups is 2. The van der Waals surface area contributed by atoms with Crippen molar-refractivity contribution < 1.29 is 18.7 Å². The van der Waals surface area contributed by atoms with E-state index < -0.39 is 17.2 Å². The molecule has 156 valence electrons. The van der Waals surface area contributed by atoms with Crippen LogP contribution in [0.4, 0.5) is 4.79 Å². The Kier molecular flexibility index (Phi) is 7.69. The summed E-state index contributed by atoms with van der Waals surface area (Å²) in [5, 5.41) is 12.6. The van der Waals surface area contributed by atoms with E-state index in [9.17, 15) is 9.59 Å². The van der Waals surface area contributed by atoms with Gasteiger partial charge in [0, 0.05) is 6.54 Å². The summed E-state index contributed by atoms with van der Waals surface area (Å²) in [6.45, 7) is 2.19. The van der Waals surface area contributed by atoms with Crippen molar-refractivity contribution in [3.05, 3.63) is 71.1 Å². The van der Waals surface area contributed by atoms with Crippen LogP contribution in [0.3, 0.4) is 0 Å². The van der Waals surface area contributed by atoms with Gasteiger partial charge in [-0.15, -0.1) is 10.2 Å². The third kappa shape index (κ3) is 5.98. The van der Waals surface area contributed by atoms with Gasteiger partial charge < -0.3 is 14.5 Å². The quantitative estimate of drug-likeness (QED) is 0.504. The molecule has 0 saturated heterocycles. The molecule has 2 N–H and O–H groups in total. The first-order valence-corrected chi connectivity index (χ1v) is 10.3. The van der Waals surface area contributed by atoms with Gasteiger partial charge in [-0.05, 0) is 36.4 Å². The molecule has 2 aromatic carbocycles. The highest BCUT2D eigenvalue weighted by Crippen LogP contribution is 2.35. The second-order valence-electron chi connectivity index (χ2n) is 5.94. The molecule has 0 fully saturated rings. The average molecular weight is 447 g/mol. The first-order valence-electron chi connectivity index (χ1n) is 9.06. The van der Waals surface area contributed by atoms with Crippen molar-refractivity contribution in [2.24, 2.45) is 0 Å². The molecule has 0 bridgehead atoms. The molecule has 0 aliphatic carbocycles. The van der Waals surface area contributed by atoms with Crippen LogP contribution in [-0.2, 0) is 11.4 Å². The van der Waals surface area contributed by atoms with E-state index in [0.29, 0.717) is 22.9 Å². The van der Waals surface area contributed by atoms with Crippen LogP contribution in [0.15, 0.2) is 64.2 Å². The van der Waals surface area contributed by atoms with Crippen LogP contribution in [0.1, 0.15) is 23.6 Å². The minimum atomic E-state index is -0.758. The zero-order valence-corrected chi connectivity index (χ0v) is 17.6. The smallest absolute Gasteiger partial charge is 0.321 e. The van der Waals surface area contributed by atoms with Gasteiger partial charge in [0.05, 0.1) is 5.02 Å². The number of nitrogens with one attached hydrogen (secondary N) is 2. The second-order valence-corrected chi connectivity index (χ2v) is 7.40. The first-order chi connectivity index (χ1) is 14.6. The van der Waals surface area contributed by atoms with Crippen molar-refractivity contribution in [2.45, 2.75) is 24.0 Å². The van der Waals surface area contributed by atoms with Gasteiger partial charge in [0.1, 0.15) is 11.0 Å². The Balaban J connectivity index is 1.69. The molecule has 0 unspecified atom stereocenters. The number of benzene rings is 2. The summed E-state index contributed by atoms with van der Waals surface area (Å²) in [4.78, 5) is 24.4. The number of imide groups is 1. The van der Waals surface area contributed by atoms with E-state index >= 15 is 0 Å². The monoisotopic (exact) mass is 446 g/mol. The molecule has 10 heteroatoms. The Bertz CT molecular complexity index is 999. The van der Waals surface area contributed by atoms with E-state index in [1.165, 1.54) is 0 Å².